The number of hydrogen-bond acceptors (Lipinski definition) is 6. The van der Waals surface area contributed by atoms with E-state index in [9.17, 15) is 14.0 Å². The van der Waals surface area contributed by atoms with Gasteiger partial charge in [0.25, 0.3) is 0 Å². The van der Waals surface area contributed by atoms with E-state index in [0.717, 1.165) is 38.5 Å². The Morgan fingerprint density at radius 1 is 1.12 bits per heavy atom. The first-order chi connectivity index (χ1) is 16.1. The van der Waals surface area contributed by atoms with Gasteiger partial charge in [0.2, 0.25) is 17.6 Å². The van der Waals surface area contributed by atoms with Gasteiger partial charge in [0.15, 0.2) is 0 Å². The van der Waals surface area contributed by atoms with Gasteiger partial charge >= 0.3 is 6.09 Å². The third-order valence-electron chi connectivity index (χ3n) is 5.82. The number of amides is 2. The largest absolute Gasteiger partial charge is 0.444 e. The first-order valence-corrected chi connectivity index (χ1v) is 12.0. The minimum absolute atomic E-state index is 0.0899. The lowest BCUT2D eigenvalue weighted by Crippen LogP contribution is -2.56. The summed E-state index contributed by atoms with van der Waals surface area (Å²) in [6.45, 7) is 5.88. The van der Waals surface area contributed by atoms with E-state index in [1.54, 1.807) is 12.1 Å². The Balaban J connectivity index is 1.48. The number of aryl methyl sites for hydroxylation is 1. The molecule has 1 saturated carbocycles. The van der Waals surface area contributed by atoms with Gasteiger partial charge in [-0.15, -0.1) is 0 Å². The molecule has 186 valence electrons. The molecule has 2 amide bonds. The molecule has 2 N–H and O–H groups in total. The van der Waals surface area contributed by atoms with E-state index in [4.69, 9.17) is 9.26 Å². The van der Waals surface area contributed by atoms with Crippen molar-refractivity contribution in [3.63, 3.8) is 0 Å². The van der Waals surface area contributed by atoms with Gasteiger partial charge in [-0.2, -0.15) is 4.98 Å². The van der Waals surface area contributed by atoms with Crippen LogP contribution in [-0.2, 0) is 16.0 Å². The van der Waals surface area contributed by atoms with Crippen molar-refractivity contribution in [1.82, 2.24) is 20.8 Å². The molecule has 1 aliphatic rings. The second kappa shape index (κ2) is 11.4. The van der Waals surface area contributed by atoms with Gasteiger partial charge < -0.3 is 19.9 Å². The van der Waals surface area contributed by atoms with Crippen LogP contribution in [0.25, 0.3) is 11.4 Å². The Labute approximate surface area is 200 Å². The van der Waals surface area contributed by atoms with E-state index in [1.165, 1.54) is 12.1 Å². The van der Waals surface area contributed by atoms with Gasteiger partial charge in [0.1, 0.15) is 11.4 Å². The van der Waals surface area contributed by atoms with Crippen molar-refractivity contribution in [2.75, 3.05) is 6.54 Å². The second-order valence-corrected chi connectivity index (χ2v) is 9.97. The summed E-state index contributed by atoms with van der Waals surface area (Å²) in [5.74, 6) is 0.403. The number of nitrogens with one attached hydrogen (secondary N) is 2. The van der Waals surface area contributed by atoms with Gasteiger partial charge in [0.05, 0.1) is 5.54 Å². The summed E-state index contributed by atoms with van der Waals surface area (Å²) in [6.07, 6.45) is 6.71. The van der Waals surface area contributed by atoms with Gasteiger partial charge in [-0.3, -0.25) is 4.79 Å². The van der Waals surface area contributed by atoms with Crippen LogP contribution in [0.5, 0.6) is 0 Å². The van der Waals surface area contributed by atoms with Crippen LogP contribution in [0.1, 0.15) is 78.0 Å². The zero-order chi connectivity index (χ0) is 24.6. The second-order valence-electron chi connectivity index (χ2n) is 9.97. The number of alkyl carbamates (subject to hydrolysis) is 1. The van der Waals surface area contributed by atoms with Crippen molar-refractivity contribution in [3.05, 3.63) is 36.0 Å². The van der Waals surface area contributed by atoms with Crippen molar-refractivity contribution < 1.29 is 23.2 Å². The summed E-state index contributed by atoms with van der Waals surface area (Å²) in [6, 6.07) is 5.86. The predicted molar refractivity (Wildman–Crippen MR) is 125 cm³/mol. The maximum absolute atomic E-state index is 13.1. The third-order valence-corrected chi connectivity index (χ3v) is 5.82. The number of carbonyl (C=O) groups is 2. The molecule has 1 heterocycles. The number of hydrogen-bond donors (Lipinski definition) is 2. The van der Waals surface area contributed by atoms with Crippen LogP contribution in [0.2, 0.25) is 0 Å². The molecule has 0 unspecified atom stereocenters. The Morgan fingerprint density at radius 3 is 2.44 bits per heavy atom. The highest BCUT2D eigenvalue weighted by Gasteiger charge is 2.34. The molecule has 2 aromatic rings. The van der Waals surface area contributed by atoms with Crippen LogP contribution in [0.15, 0.2) is 28.8 Å². The average molecular weight is 475 g/mol. The lowest BCUT2D eigenvalue weighted by atomic mass is 9.90. The quantitative estimate of drug-likeness (QED) is 0.525. The average Bonchev–Trinajstić information content (AvgIpc) is 3.11. The van der Waals surface area contributed by atoms with E-state index < -0.39 is 17.2 Å². The zero-order valence-electron chi connectivity index (χ0n) is 20.3. The van der Waals surface area contributed by atoms with E-state index >= 15 is 0 Å². The molecular weight excluding hydrogens is 439 g/mol. The lowest BCUT2D eigenvalue weighted by molar-refractivity contribution is -0.121. The standard InChI is InChI=1S/C25H35FN4O4/c1-24(2,3)33-23(32)29-25(15-6-4-5-7-16-25)17-27-20(31)9-8-10-21-28-22(30-34-21)18-11-13-19(26)14-12-18/h11-14H,4-10,15-17H2,1-3H3,(H,27,31)(H,29,32). The van der Waals surface area contributed by atoms with Crippen LogP contribution in [-0.4, -0.2) is 39.8 Å². The van der Waals surface area contributed by atoms with Gasteiger partial charge in [-0.25, -0.2) is 9.18 Å². The predicted octanol–water partition coefficient (Wildman–Crippen LogP) is 4.93. The maximum atomic E-state index is 13.1. The normalized spacial score (nSPS) is 15.9. The van der Waals surface area contributed by atoms with Gasteiger partial charge in [-0.05, 0) is 64.3 Å². The number of benzene rings is 1. The fourth-order valence-corrected chi connectivity index (χ4v) is 4.10. The molecule has 8 nitrogen and oxygen atoms in total. The highest BCUT2D eigenvalue weighted by atomic mass is 19.1. The van der Waals surface area contributed by atoms with Crippen molar-refractivity contribution in [1.29, 1.82) is 0 Å². The topological polar surface area (TPSA) is 106 Å². The SMILES string of the molecule is CC(C)(C)OC(=O)NC1(CNC(=O)CCCc2nc(-c3ccc(F)cc3)no2)CCCCCC1. The molecule has 1 fully saturated rings. The molecule has 34 heavy (non-hydrogen) atoms. The first-order valence-electron chi connectivity index (χ1n) is 12.0. The third kappa shape index (κ3) is 8.11. The molecule has 1 aliphatic carbocycles. The molecule has 1 aromatic carbocycles. The Kier molecular flexibility index (Phi) is 8.63. The van der Waals surface area contributed by atoms with Gasteiger partial charge in [-0.1, -0.05) is 30.8 Å². The van der Waals surface area contributed by atoms with Crippen LogP contribution in [0.3, 0.4) is 0 Å². The first kappa shape index (κ1) is 25.6. The summed E-state index contributed by atoms with van der Waals surface area (Å²) in [5.41, 5.74) is -0.407. The highest BCUT2D eigenvalue weighted by Crippen LogP contribution is 2.27. The number of rotatable bonds is 8. The molecule has 1 aromatic heterocycles. The van der Waals surface area contributed by atoms with E-state index in [1.807, 2.05) is 20.8 Å². The summed E-state index contributed by atoms with van der Waals surface area (Å²) in [7, 11) is 0. The smallest absolute Gasteiger partial charge is 0.408 e. The Morgan fingerprint density at radius 2 is 1.79 bits per heavy atom. The van der Waals surface area contributed by atoms with Gasteiger partial charge in [0, 0.05) is 24.9 Å². The Hall–Kier alpha value is -2.97. The molecule has 0 atom stereocenters. The lowest BCUT2D eigenvalue weighted by Gasteiger charge is -2.35. The molecule has 0 radical (unpaired) electrons. The molecule has 0 bridgehead atoms. The number of halogens is 1. The Bertz CT molecular complexity index is 945. The number of carbonyl (C=O) groups excluding carboxylic acids is 2. The number of nitrogens with zero attached hydrogens (tertiary/aromatic N) is 2. The summed E-state index contributed by atoms with van der Waals surface area (Å²) in [4.78, 5) is 29.3. The molecule has 0 aliphatic heterocycles. The molecular formula is C25H35FN4O4. The highest BCUT2D eigenvalue weighted by molar-refractivity contribution is 5.76. The van der Waals surface area contributed by atoms with Crippen LogP contribution < -0.4 is 10.6 Å². The molecule has 0 spiro atoms. The minimum atomic E-state index is -0.579. The fraction of sp³-hybridized carbons (Fsp3) is 0.600. The monoisotopic (exact) mass is 474 g/mol. The summed E-state index contributed by atoms with van der Waals surface area (Å²) >= 11 is 0. The van der Waals surface area contributed by atoms with Crippen molar-refractivity contribution in [2.45, 2.75) is 89.7 Å². The fourth-order valence-electron chi connectivity index (χ4n) is 4.10. The zero-order valence-corrected chi connectivity index (χ0v) is 20.3. The van der Waals surface area contributed by atoms with Crippen molar-refractivity contribution >= 4 is 12.0 Å². The number of aromatic nitrogens is 2. The minimum Gasteiger partial charge on any atom is -0.444 e. The maximum Gasteiger partial charge on any atom is 0.408 e. The van der Waals surface area contributed by atoms with E-state index in [0.29, 0.717) is 43.1 Å². The van der Waals surface area contributed by atoms with E-state index in [2.05, 4.69) is 20.8 Å². The van der Waals surface area contributed by atoms with Crippen molar-refractivity contribution in [3.8, 4) is 11.4 Å². The number of ether oxygens (including phenoxy) is 1. The molecule has 0 saturated heterocycles. The molecule has 9 heteroatoms. The van der Waals surface area contributed by atoms with Crippen LogP contribution in [0.4, 0.5) is 9.18 Å². The van der Waals surface area contributed by atoms with Crippen molar-refractivity contribution in [2.24, 2.45) is 0 Å². The van der Waals surface area contributed by atoms with E-state index in [-0.39, 0.29) is 11.7 Å². The molecule has 3 rings (SSSR count). The summed E-state index contributed by atoms with van der Waals surface area (Å²) < 4.78 is 23.8. The van der Waals surface area contributed by atoms with Crippen LogP contribution in [0, 0.1) is 5.82 Å². The summed E-state index contributed by atoms with van der Waals surface area (Å²) in [5, 5.41) is 9.98. The van der Waals surface area contributed by atoms with Crippen LogP contribution >= 0.6 is 0 Å².